The summed E-state index contributed by atoms with van der Waals surface area (Å²) in [6.45, 7) is 0. The summed E-state index contributed by atoms with van der Waals surface area (Å²) in [5.41, 5.74) is 5.71. The molecule has 1 aliphatic heterocycles. The first-order chi connectivity index (χ1) is 8.50. The van der Waals surface area contributed by atoms with Gasteiger partial charge in [0.25, 0.3) is 0 Å². The monoisotopic (exact) mass is 270 g/mol. The minimum atomic E-state index is -1.14. The fourth-order valence-corrected chi connectivity index (χ4v) is 3.32. The molecular weight excluding hydrogens is 255 g/mol. The number of benzene rings is 1. The van der Waals surface area contributed by atoms with Crippen molar-refractivity contribution in [2.75, 3.05) is 29.2 Å². The summed E-state index contributed by atoms with van der Waals surface area (Å²) in [5, 5.41) is 9.00. The highest BCUT2D eigenvalue weighted by Crippen LogP contribution is 2.30. The van der Waals surface area contributed by atoms with Gasteiger partial charge in [0.1, 0.15) is 5.82 Å². The molecule has 1 unspecified atom stereocenters. The molecule has 1 fully saturated rings. The van der Waals surface area contributed by atoms with Crippen LogP contribution in [0.1, 0.15) is 16.8 Å². The first kappa shape index (κ1) is 13.0. The van der Waals surface area contributed by atoms with E-state index in [4.69, 9.17) is 10.8 Å². The maximum atomic E-state index is 13.9. The molecular formula is C12H15FN2O2S. The molecule has 1 atom stereocenters. The van der Waals surface area contributed by atoms with E-state index in [9.17, 15) is 9.18 Å². The number of aromatic carboxylic acids is 1. The molecule has 0 aliphatic carbocycles. The van der Waals surface area contributed by atoms with Crippen LogP contribution in [0.2, 0.25) is 0 Å². The zero-order valence-corrected chi connectivity index (χ0v) is 10.8. The molecule has 0 saturated carbocycles. The van der Waals surface area contributed by atoms with Gasteiger partial charge in [0.05, 0.1) is 11.3 Å². The third kappa shape index (κ3) is 2.38. The number of nitrogens with two attached hydrogens (primary N) is 1. The lowest BCUT2D eigenvalue weighted by atomic mass is 10.1. The molecule has 1 heterocycles. The van der Waals surface area contributed by atoms with Crippen LogP contribution < -0.4 is 10.6 Å². The zero-order valence-electron chi connectivity index (χ0n) is 10.0. The Bertz CT molecular complexity index is 475. The van der Waals surface area contributed by atoms with Crippen LogP contribution >= 0.6 is 11.8 Å². The summed E-state index contributed by atoms with van der Waals surface area (Å²) < 4.78 is 13.9. The molecule has 3 N–H and O–H groups in total. The van der Waals surface area contributed by atoms with Crippen molar-refractivity contribution in [3.8, 4) is 0 Å². The van der Waals surface area contributed by atoms with Crippen LogP contribution in [0.3, 0.4) is 0 Å². The number of rotatable bonds is 3. The lowest BCUT2D eigenvalue weighted by Gasteiger charge is -2.27. The van der Waals surface area contributed by atoms with E-state index in [2.05, 4.69) is 0 Å². The van der Waals surface area contributed by atoms with Gasteiger partial charge in [-0.3, -0.25) is 0 Å². The van der Waals surface area contributed by atoms with Crippen molar-refractivity contribution in [3.63, 3.8) is 0 Å². The van der Waals surface area contributed by atoms with E-state index < -0.39 is 11.8 Å². The van der Waals surface area contributed by atoms with Gasteiger partial charge in [0, 0.05) is 24.5 Å². The van der Waals surface area contributed by atoms with Crippen molar-refractivity contribution in [1.82, 2.24) is 0 Å². The van der Waals surface area contributed by atoms with Crippen LogP contribution in [0.25, 0.3) is 0 Å². The highest BCUT2D eigenvalue weighted by molar-refractivity contribution is 7.99. The topological polar surface area (TPSA) is 66.6 Å². The number of carboxylic acids is 1. The first-order valence-electron chi connectivity index (χ1n) is 5.63. The predicted molar refractivity (Wildman–Crippen MR) is 71.9 cm³/mol. The maximum Gasteiger partial charge on any atom is 0.337 e. The third-order valence-electron chi connectivity index (χ3n) is 3.18. The second-order valence-corrected chi connectivity index (χ2v) is 5.47. The van der Waals surface area contributed by atoms with Crippen molar-refractivity contribution < 1.29 is 14.3 Å². The smallest absolute Gasteiger partial charge is 0.337 e. The molecule has 0 amide bonds. The van der Waals surface area contributed by atoms with E-state index in [1.807, 2.05) is 11.8 Å². The second-order valence-electron chi connectivity index (χ2n) is 4.32. The highest BCUT2D eigenvalue weighted by Gasteiger charge is 2.24. The standard InChI is InChI=1S/C12H15FN2O2S/c1-15(7-2-3-18-6-7)11-4-8(12(16)17)10(14)5-9(11)13/h4-5,7H,2-3,6,14H2,1H3,(H,16,17). The molecule has 2 rings (SSSR count). The van der Waals surface area contributed by atoms with Crippen molar-refractivity contribution in [1.29, 1.82) is 0 Å². The third-order valence-corrected chi connectivity index (χ3v) is 4.33. The fourth-order valence-electron chi connectivity index (χ4n) is 2.06. The maximum absolute atomic E-state index is 13.9. The Hall–Kier alpha value is -1.43. The number of nitrogen functional groups attached to an aromatic ring is 1. The molecule has 18 heavy (non-hydrogen) atoms. The van der Waals surface area contributed by atoms with Crippen molar-refractivity contribution in [3.05, 3.63) is 23.5 Å². The molecule has 98 valence electrons. The Labute approximate surface area is 109 Å². The number of thioether (sulfide) groups is 1. The van der Waals surface area contributed by atoms with Crippen LogP contribution in [-0.2, 0) is 0 Å². The predicted octanol–water partition coefficient (Wildman–Crippen LogP) is 2.05. The zero-order chi connectivity index (χ0) is 13.3. The lowest BCUT2D eigenvalue weighted by Crippen LogP contribution is -2.32. The summed E-state index contributed by atoms with van der Waals surface area (Å²) in [5.74, 6) is 0.375. The average Bonchev–Trinajstić information content (AvgIpc) is 2.81. The number of nitrogens with zero attached hydrogens (tertiary/aromatic N) is 1. The number of hydrogen-bond donors (Lipinski definition) is 2. The van der Waals surface area contributed by atoms with Gasteiger partial charge < -0.3 is 15.7 Å². The van der Waals surface area contributed by atoms with Gasteiger partial charge in [-0.15, -0.1) is 0 Å². The SMILES string of the molecule is CN(c1cc(C(=O)O)c(N)cc1F)C1CCSC1. The van der Waals surface area contributed by atoms with Gasteiger partial charge in [-0.1, -0.05) is 0 Å². The number of halogens is 1. The summed E-state index contributed by atoms with van der Waals surface area (Å²) in [7, 11) is 1.79. The van der Waals surface area contributed by atoms with Gasteiger partial charge in [-0.2, -0.15) is 11.8 Å². The second kappa shape index (κ2) is 5.06. The minimum Gasteiger partial charge on any atom is -0.478 e. The first-order valence-corrected chi connectivity index (χ1v) is 6.79. The van der Waals surface area contributed by atoms with Gasteiger partial charge >= 0.3 is 5.97 Å². The summed E-state index contributed by atoms with van der Waals surface area (Å²) in [6, 6.07) is 2.64. The molecule has 0 aromatic heterocycles. The van der Waals surface area contributed by atoms with Crippen LogP contribution in [-0.4, -0.2) is 35.7 Å². The Morgan fingerprint density at radius 3 is 2.89 bits per heavy atom. The van der Waals surface area contributed by atoms with E-state index in [1.54, 1.807) is 11.9 Å². The Morgan fingerprint density at radius 1 is 1.61 bits per heavy atom. The summed E-state index contributed by atoms with van der Waals surface area (Å²) in [6.07, 6.45) is 0.980. The summed E-state index contributed by atoms with van der Waals surface area (Å²) in [4.78, 5) is 12.8. The highest BCUT2D eigenvalue weighted by atomic mass is 32.2. The Balaban J connectivity index is 2.37. The molecule has 4 nitrogen and oxygen atoms in total. The Morgan fingerprint density at radius 2 is 2.33 bits per heavy atom. The van der Waals surface area contributed by atoms with E-state index in [1.165, 1.54) is 6.07 Å². The molecule has 1 saturated heterocycles. The number of carboxylic acid groups (broad SMARTS) is 1. The van der Waals surface area contributed by atoms with Gasteiger partial charge in [-0.25, -0.2) is 9.18 Å². The lowest BCUT2D eigenvalue weighted by molar-refractivity contribution is 0.0698. The van der Waals surface area contributed by atoms with Crippen LogP contribution in [0.4, 0.5) is 15.8 Å². The average molecular weight is 270 g/mol. The van der Waals surface area contributed by atoms with Crippen LogP contribution in [0.5, 0.6) is 0 Å². The van der Waals surface area contributed by atoms with E-state index in [-0.39, 0.29) is 17.3 Å². The minimum absolute atomic E-state index is 0.0436. The quantitative estimate of drug-likeness (QED) is 0.823. The Kier molecular flexibility index (Phi) is 3.65. The van der Waals surface area contributed by atoms with Crippen LogP contribution in [0, 0.1) is 5.82 Å². The summed E-state index contributed by atoms with van der Waals surface area (Å²) >= 11 is 1.82. The molecule has 1 aromatic carbocycles. The number of carbonyl (C=O) groups is 1. The van der Waals surface area contributed by atoms with E-state index in [0.29, 0.717) is 5.69 Å². The molecule has 1 aliphatic rings. The van der Waals surface area contributed by atoms with Crippen molar-refractivity contribution in [2.45, 2.75) is 12.5 Å². The van der Waals surface area contributed by atoms with Gasteiger partial charge in [0.2, 0.25) is 0 Å². The van der Waals surface area contributed by atoms with Crippen molar-refractivity contribution >= 4 is 29.1 Å². The normalized spacial score (nSPS) is 18.9. The molecule has 1 aromatic rings. The van der Waals surface area contributed by atoms with E-state index >= 15 is 0 Å². The van der Waals surface area contributed by atoms with Crippen molar-refractivity contribution in [2.24, 2.45) is 0 Å². The largest absolute Gasteiger partial charge is 0.478 e. The fraction of sp³-hybridized carbons (Fsp3) is 0.417. The molecule has 0 radical (unpaired) electrons. The van der Waals surface area contributed by atoms with Crippen LogP contribution in [0.15, 0.2) is 12.1 Å². The molecule has 0 spiro atoms. The number of hydrogen-bond acceptors (Lipinski definition) is 4. The van der Waals surface area contributed by atoms with Gasteiger partial charge in [-0.05, 0) is 24.3 Å². The number of anilines is 2. The van der Waals surface area contributed by atoms with Gasteiger partial charge in [0.15, 0.2) is 0 Å². The van der Waals surface area contributed by atoms with E-state index in [0.717, 1.165) is 24.0 Å². The molecule has 0 bridgehead atoms. The molecule has 6 heteroatoms.